The number of aromatic nitrogens is 1. The third-order valence-corrected chi connectivity index (χ3v) is 3.34. The minimum Gasteiger partial charge on any atom is -0.362 e. The maximum Gasteiger partial charge on any atom is 0.182 e. The zero-order valence-electron chi connectivity index (χ0n) is 9.88. The van der Waals surface area contributed by atoms with Crippen LogP contribution in [0.2, 0.25) is 0 Å². The van der Waals surface area contributed by atoms with Crippen LogP contribution in [0, 0.1) is 6.92 Å². The highest BCUT2D eigenvalue weighted by Crippen LogP contribution is 2.14. The van der Waals surface area contributed by atoms with Gasteiger partial charge in [0.05, 0.1) is 5.69 Å². The first-order chi connectivity index (χ1) is 7.33. The summed E-state index contributed by atoms with van der Waals surface area (Å²) in [6, 6.07) is 0. The van der Waals surface area contributed by atoms with Crippen molar-refractivity contribution in [2.24, 2.45) is 0 Å². The fourth-order valence-electron chi connectivity index (χ4n) is 1.54. The Kier molecular flexibility index (Phi) is 6.41. The first-order valence-electron chi connectivity index (χ1n) is 5.99. The summed E-state index contributed by atoms with van der Waals surface area (Å²) in [5, 5.41) is 6.52. The van der Waals surface area contributed by atoms with Crippen molar-refractivity contribution < 1.29 is 0 Å². The molecule has 0 bridgehead atoms. The van der Waals surface area contributed by atoms with Gasteiger partial charge in [0.2, 0.25) is 0 Å². The molecule has 1 N–H and O–H groups in total. The van der Waals surface area contributed by atoms with E-state index in [2.05, 4.69) is 22.6 Å². The number of nitrogens with zero attached hydrogens (tertiary/aromatic N) is 1. The second kappa shape index (κ2) is 7.69. The van der Waals surface area contributed by atoms with Crippen molar-refractivity contribution in [1.29, 1.82) is 0 Å². The van der Waals surface area contributed by atoms with Crippen LogP contribution in [0.3, 0.4) is 0 Å². The summed E-state index contributed by atoms with van der Waals surface area (Å²) in [5.41, 5.74) is 1.12. The van der Waals surface area contributed by atoms with Gasteiger partial charge in [-0.3, -0.25) is 0 Å². The lowest BCUT2D eigenvalue weighted by molar-refractivity contribution is 0.617. The summed E-state index contributed by atoms with van der Waals surface area (Å²) >= 11 is 1.70. The quantitative estimate of drug-likeness (QED) is 0.671. The van der Waals surface area contributed by atoms with E-state index in [9.17, 15) is 0 Å². The molecule has 2 nitrogen and oxygen atoms in total. The van der Waals surface area contributed by atoms with Crippen molar-refractivity contribution in [3.05, 3.63) is 11.1 Å². The number of hydrogen-bond acceptors (Lipinski definition) is 3. The fourth-order valence-corrected chi connectivity index (χ4v) is 2.25. The van der Waals surface area contributed by atoms with Crippen LogP contribution < -0.4 is 5.32 Å². The molecule has 0 unspecified atom stereocenters. The van der Waals surface area contributed by atoms with E-state index in [0.717, 1.165) is 17.4 Å². The van der Waals surface area contributed by atoms with E-state index in [-0.39, 0.29) is 0 Å². The highest BCUT2D eigenvalue weighted by molar-refractivity contribution is 7.13. The predicted molar refractivity (Wildman–Crippen MR) is 68.7 cm³/mol. The number of hydrogen-bond donors (Lipinski definition) is 1. The largest absolute Gasteiger partial charge is 0.362 e. The average molecular weight is 226 g/mol. The molecule has 3 heteroatoms. The van der Waals surface area contributed by atoms with Crippen molar-refractivity contribution in [3.63, 3.8) is 0 Å². The van der Waals surface area contributed by atoms with Gasteiger partial charge in [0.1, 0.15) is 0 Å². The molecule has 0 aromatic carbocycles. The summed E-state index contributed by atoms with van der Waals surface area (Å²) in [6.07, 6.45) is 8.11. The molecular formula is C12H22N2S. The Morgan fingerprint density at radius 1 is 1.20 bits per heavy atom. The molecule has 0 radical (unpaired) electrons. The summed E-state index contributed by atoms with van der Waals surface area (Å²) < 4.78 is 0. The summed E-state index contributed by atoms with van der Waals surface area (Å²) in [4.78, 5) is 4.37. The zero-order chi connectivity index (χ0) is 10.9. The van der Waals surface area contributed by atoms with Gasteiger partial charge in [-0.25, -0.2) is 4.98 Å². The molecule has 0 fully saturated rings. The monoisotopic (exact) mass is 226 g/mol. The minimum absolute atomic E-state index is 1.07. The van der Waals surface area contributed by atoms with E-state index in [1.165, 1.54) is 38.5 Å². The highest BCUT2D eigenvalue weighted by Gasteiger charge is 1.96. The molecule has 0 saturated carbocycles. The van der Waals surface area contributed by atoms with Crippen LogP contribution in [0.5, 0.6) is 0 Å². The molecule has 1 heterocycles. The standard InChI is InChI=1S/C12H22N2S/c1-3-4-5-6-7-8-9-13-12-14-11(2)10-15-12/h10H,3-9H2,1-2H3,(H,13,14). The lowest BCUT2D eigenvalue weighted by atomic mass is 10.1. The van der Waals surface area contributed by atoms with Gasteiger partial charge in [-0.2, -0.15) is 0 Å². The highest BCUT2D eigenvalue weighted by atomic mass is 32.1. The molecule has 1 aromatic heterocycles. The third kappa shape index (κ3) is 5.78. The number of rotatable bonds is 8. The molecule has 0 spiro atoms. The predicted octanol–water partition coefficient (Wildman–Crippen LogP) is 4.22. The van der Waals surface area contributed by atoms with Gasteiger partial charge < -0.3 is 5.32 Å². The van der Waals surface area contributed by atoms with Crippen LogP contribution in [-0.4, -0.2) is 11.5 Å². The Labute approximate surface area is 97.1 Å². The van der Waals surface area contributed by atoms with Gasteiger partial charge in [-0.15, -0.1) is 11.3 Å². The van der Waals surface area contributed by atoms with Gasteiger partial charge in [-0.1, -0.05) is 39.0 Å². The van der Waals surface area contributed by atoms with E-state index in [1.807, 2.05) is 6.92 Å². The van der Waals surface area contributed by atoms with Crippen molar-refractivity contribution in [2.75, 3.05) is 11.9 Å². The van der Waals surface area contributed by atoms with Crippen molar-refractivity contribution in [1.82, 2.24) is 4.98 Å². The van der Waals surface area contributed by atoms with Crippen LogP contribution in [0.4, 0.5) is 5.13 Å². The van der Waals surface area contributed by atoms with E-state index in [1.54, 1.807) is 11.3 Å². The molecule has 0 amide bonds. The second-order valence-corrected chi connectivity index (χ2v) is 4.85. The van der Waals surface area contributed by atoms with Crippen molar-refractivity contribution in [3.8, 4) is 0 Å². The van der Waals surface area contributed by atoms with E-state index in [0.29, 0.717) is 0 Å². The van der Waals surface area contributed by atoms with Gasteiger partial charge >= 0.3 is 0 Å². The molecular weight excluding hydrogens is 204 g/mol. The number of thiazole rings is 1. The average Bonchev–Trinajstić information content (AvgIpc) is 2.63. The van der Waals surface area contributed by atoms with Gasteiger partial charge in [0.25, 0.3) is 0 Å². The number of nitrogens with one attached hydrogen (secondary N) is 1. The maximum atomic E-state index is 4.37. The van der Waals surface area contributed by atoms with Crippen LogP contribution in [0.1, 0.15) is 51.1 Å². The first-order valence-corrected chi connectivity index (χ1v) is 6.87. The Bertz CT molecular complexity index is 258. The normalized spacial score (nSPS) is 10.5. The van der Waals surface area contributed by atoms with Gasteiger partial charge in [0, 0.05) is 11.9 Å². The molecule has 86 valence electrons. The maximum absolute atomic E-state index is 4.37. The summed E-state index contributed by atoms with van der Waals surface area (Å²) in [5.74, 6) is 0. The van der Waals surface area contributed by atoms with E-state index < -0.39 is 0 Å². The lowest BCUT2D eigenvalue weighted by Crippen LogP contribution is -2.00. The number of anilines is 1. The van der Waals surface area contributed by atoms with E-state index in [4.69, 9.17) is 0 Å². The Balaban J connectivity index is 1.93. The minimum atomic E-state index is 1.07. The Morgan fingerprint density at radius 3 is 2.60 bits per heavy atom. The molecule has 0 aliphatic carbocycles. The Morgan fingerprint density at radius 2 is 1.93 bits per heavy atom. The van der Waals surface area contributed by atoms with Crippen LogP contribution in [-0.2, 0) is 0 Å². The zero-order valence-corrected chi connectivity index (χ0v) is 10.7. The molecule has 0 aliphatic heterocycles. The topological polar surface area (TPSA) is 24.9 Å². The Hall–Kier alpha value is -0.570. The van der Waals surface area contributed by atoms with Crippen LogP contribution in [0.25, 0.3) is 0 Å². The van der Waals surface area contributed by atoms with Gasteiger partial charge in [-0.05, 0) is 13.3 Å². The smallest absolute Gasteiger partial charge is 0.182 e. The SMILES string of the molecule is CCCCCCCCNc1nc(C)cs1. The first kappa shape index (κ1) is 12.5. The van der Waals surface area contributed by atoms with Gasteiger partial charge in [0.15, 0.2) is 5.13 Å². The lowest BCUT2D eigenvalue weighted by Gasteiger charge is -2.02. The second-order valence-electron chi connectivity index (χ2n) is 3.99. The van der Waals surface area contributed by atoms with Crippen LogP contribution in [0.15, 0.2) is 5.38 Å². The number of unbranched alkanes of at least 4 members (excludes halogenated alkanes) is 5. The summed E-state index contributed by atoms with van der Waals surface area (Å²) in [7, 11) is 0. The van der Waals surface area contributed by atoms with Crippen molar-refractivity contribution in [2.45, 2.75) is 52.4 Å². The van der Waals surface area contributed by atoms with E-state index >= 15 is 0 Å². The molecule has 1 rings (SSSR count). The third-order valence-electron chi connectivity index (χ3n) is 2.43. The van der Waals surface area contributed by atoms with Crippen molar-refractivity contribution >= 4 is 16.5 Å². The summed E-state index contributed by atoms with van der Waals surface area (Å²) in [6.45, 7) is 5.36. The fraction of sp³-hybridized carbons (Fsp3) is 0.750. The number of aryl methyl sites for hydroxylation is 1. The molecule has 1 aromatic rings. The molecule has 0 saturated heterocycles. The van der Waals surface area contributed by atoms with Crippen LogP contribution >= 0.6 is 11.3 Å². The molecule has 15 heavy (non-hydrogen) atoms. The molecule has 0 aliphatic rings. The molecule has 0 atom stereocenters.